The topological polar surface area (TPSA) is 92.8 Å². The lowest BCUT2D eigenvalue weighted by Gasteiger charge is -2.16. The molecule has 5 heteroatoms. The molecule has 1 rings (SSSR count). The summed E-state index contributed by atoms with van der Waals surface area (Å²) < 4.78 is 5.03. The van der Waals surface area contributed by atoms with Gasteiger partial charge in [-0.1, -0.05) is 0 Å². The maximum Gasteiger partial charge on any atom is 0.320 e. The number of hydrogen-bond donors (Lipinski definition) is 3. The molecule has 0 bridgehead atoms. The van der Waals surface area contributed by atoms with Gasteiger partial charge in [0.05, 0.1) is 7.11 Å². The van der Waals surface area contributed by atoms with Gasteiger partial charge >= 0.3 is 5.97 Å². The predicted molar refractivity (Wildman–Crippen MR) is 63.4 cm³/mol. The summed E-state index contributed by atoms with van der Waals surface area (Å²) in [5.74, 6) is -0.794. The second-order valence-electron chi connectivity index (χ2n) is 4.00. The summed E-state index contributed by atoms with van der Waals surface area (Å²) in [6.45, 7) is 3.69. The van der Waals surface area contributed by atoms with Crippen LogP contribution in [0.5, 0.6) is 11.5 Å². The molecule has 1 atom stereocenters. The number of aryl methyl sites for hydroxylation is 1. The molecule has 0 aliphatic carbocycles. The van der Waals surface area contributed by atoms with E-state index in [0.29, 0.717) is 11.3 Å². The summed E-state index contributed by atoms with van der Waals surface area (Å²) in [6.07, 6.45) is 0.0744. The fourth-order valence-corrected chi connectivity index (χ4v) is 1.65. The molecule has 0 fully saturated rings. The summed E-state index contributed by atoms with van der Waals surface area (Å²) in [5, 5.41) is 18.7. The minimum Gasteiger partial charge on any atom is -0.504 e. The van der Waals surface area contributed by atoms with Gasteiger partial charge in [0.1, 0.15) is 6.04 Å². The number of phenolic OH excluding ortho intramolecular Hbond substituents is 1. The first-order chi connectivity index (χ1) is 7.88. The molecule has 0 spiro atoms. The molecule has 0 aliphatic heterocycles. The van der Waals surface area contributed by atoms with Gasteiger partial charge in [-0.2, -0.15) is 0 Å². The van der Waals surface area contributed by atoms with Gasteiger partial charge in [0.25, 0.3) is 0 Å². The third kappa shape index (κ3) is 2.68. The van der Waals surface area contributed by atoms with Gasteiger partial charge in [-0.3, -0.25) is 4.79 Å². The van der Waals surface area contributed by atoms with Crippen LogP contribution in [0.2, 0.25) is 0 Å². The largest absolute Gasteiger partial charge is 0.504 e. The van der Waals surface area contributed by atoms with E-state index in [1.54, 1.807) is 6.07 Å². The Morgan fingerprint density at radius 2 is 2.12 bits per heavy atom. The molecule has 0 heterocycles. The predicted octanol–water partition coefficient (Wildman–Crippen LogP) is 0.972. The number of carboxylic acid groups (broad SMARTS) is 1. The van der Waals surface area contributed by atoms with E-state index in [4.69, 9.17) is 15.6 Å². The number of phenols is 1. The second-order valence-corrected chi connectivity index (χ2v) is 4.00. The maximum absolute atomic E-state index is 10.7. The van der Waals surface area contributed by atoms with Crippen LogP contribution in [0.15, 0.2) is 6.07 Å². The van der Waals surface area contributed by atoms with Crippen molar-refractivity contribution in [3.05, 3.63) is 22.8 Å². The number of benzene rings is 1. The van der Waals surface area contributed by atoms with E-state index in [9.17, 15) is 9.90 Å². The standard InChI is InChI=1S/C12H17NO4/c1-6-4-10(17-3)11(14)8(7(6)2)5-9(13)12(15)16/h4,9,14H,5,13H2,1-3H3,(H,15,16). The molecule has 0 saturated heterocycles. The third-order valence-corrected chi connectivity index (χ3v) is 2.87. The van der Waals surface area contributed by atoms with Crippen molar-refractivity contribution in [3.63, 3.8) is 0 Å². The Kier molecular flexibility index (Phi) is 3.96. The van der Waals surface area contributed by atoms with Crippen LogP contribution in [-0.2, 0) is 11.2 Å². The van der Waals surface area contributed by atoms with Crippen molar-refractivity contribution in [2.24, 2.45) is 5.73 Å². The van der Waals surface area contributed by atoms with Gasteiger partial charge in [0, 0.05) is 12.0 Å². The maximum atomic E-state index is 10.7. The number of rotatable bonds is 4. The van der Waals surface area contributed by atoms with Crippen molar-refractivity contribution < 1.29 is 19.7 Å². The first-order valence-electron chi connectivity index (χ1n) is 5.22. The molecule has 4 N–H and O–H groups in total. The molecule has 0 radical (unpaired) electrons. The molecule has 0 aliphatic rings. The van der Waals surface area contributed by atoms with Crippen LogP contribution in [0.4, 0.5) is 0 Å². The first-order valence-corrected chi connectivity index (χ1v) is 5.22. The zero-order valence-electron chi connectivity index (χ0n) is 10.2. The van der Waals surface area contributed by atoms with Gasteiger partial charge in [0.2, 0.25) is 0 Å². The SMILES string of the molecule is COc1cc(C)c(C)c(CC(N)C(=O)O)c1O. The molecule has 94 valence electrons. The quantitative estimate of drug-likeness (QED) is 0.728. The van der Waals surface area contributed by atoms with Crippen molar-refractivity contribution in [2.45, 2.75) is 26.3 Å². The minimum absolute atomic E-state index is 0.0349. The number of ether oxygens (including phenoxy) is 1. The summed E-state index contributed by atoms with van der Waals surface area (Å²) in [6, 6.07) is 0.673. The molecule has 17 heavy (non-hydrogen) atoms. The molecule has 0 amide bonds. The molecular weight excluding hydrogens is 222 g/mol. The van der Waals surface area contributed by atoms with Crippen LogP contribution in [0.3, 0.4) is 0 Å². The number of aromatic hydroxyl groups is 1. The number of carbonyl (C=O) groups is 1. The van der Waals surface area contributed by atoms with Crippen LogP contribution in [-0.4, -0.2) is 29.3 Å². The fraction of sp³-hybridized carbons (Fsp3) is 0.417. The first kappa shape index (κ1) is 13.3. The average molecular weight is 239 g/mol. The van der Waals surface area contributed by atoms with E-state index in [0.717, 1.165) is 11.1 Å². The Morgan fingerprint density at radius 1 is 1.53 bits per heavy atom. The van der Waals surface area contributed by atoms with E-state index in [2.05, 4.69) is 0 Å². The van der Waals surface area contributed by atoms with Crippen molar-refractivity contribution in [3.8, 4) is 11.5 Å². The lowest BCUT2D eigenvalue weighted by atomic mass is 9.96. The zero-order valence-corrected chi connectivity index (χ0v) is 10.2. The Labute approximate surface area is 99.8 Å². The Morgan fingerprint density at radius 3 is 2.59 bits per heavy atom. The van der Waals surface area contributed by atoms with Crippen molar-refractivity contribution in [2.75, 3.05) is 7.11 Å². The monoisotopic (exact) mass is 239 g/mol. The fourth-order valence-electron chi connectivity index (χ4n) is 1.65. The Bertz CT molecular complexity index is 443. The number of hydrogen-bond acceptors (Lipinski definition) is 4. The normalized spacial score (nSPS) is 12.2. The van der Waals surface area contributed by atoms with E-state index in [-0.39, 0.29) is 12.2 Å². The summed E-state index contributed by atoms with van der Waals surface area (Å²) >= 11 is 0. The van der Waals surface area contributed by atoms with E-state index in [1.807, 2.05) is 13.8 Å². The number of methoxy groups -OCH3 is 1. The van der Waals surface area contributed by atoms with E-state index in [1.165, 1.54) is 7.11 Å². The van der Waals surface area contributed by atoms with Gasteiger partial charge in [0.15, 0.2) is 11.5 Å². The highest BCUT2D eigenvalue weighted by atomic mass is 16.5. The Balaban J connectivity index is 3.22. The number of carboxylic acids is 1. The molecule has 0 saturated carbocycles. The lowest BCUT2D eigenvalue weighted by Crippen LogP contribution is -2.32. The minimum atomic E-state index is -1.09. The number of aliphatic carboxylic acids is 1. The van der Waals surface area contributed by atoms with Gasteiger partial charge in [-0.05, 0) is 31.0 Å². The van der Waals surface area contributed by atoms with Gasteiger partial charge in [-0.15, -0.1) is 0 Å². The second kappa shape index (κ2) is 5.05. The molecule has 5 nitrogen and oxygen atoms in total. The lowest BCUT2D eigenvalue weighted by molar-refractivity contribution is -0.138. The van der Waals surface area contributed by atoms with Crippen LogP contribution >= 0.6 is 0 Å². The molecule has 1 unspecified atom stereocenters. The molecule has 1 aromatic carbocycles. The average Bonchev–Trinajstić information content (AvgIpc) is 2.28. The molecular formula is C12H17NO4. The molecule has 1 aromatic rings. The van der Waals surface area contributed by atoms with E-state index >= 15 is 0 Å². The summed E-state index contributed by atoms with van der Waals surface area (Å²) in [5.41, 5.74) is 7.76. The van der Waals surface area contributed by atoms with Gasteiger partial charge in [-0.25, -0.2) is 0 Å². The smallest absolute Gasteiger partial charge is 0.320 e. The highest BCUT2D eigenvalue weighted by Crippen LogP contribution is 2.35. The Hall–Kier alpha value is -1.75. The summed E-state index contributed by atoms with van der Waals surface area (Å²) in [4.78, 5) is 10.7. The third-order valence-electron chi connectivity index (χ3n) is 2.87. The van der Waals surface area contributed by atoms with Crippen LogP contribution in [0, 0.1) is 13.8 Å². The van der Waals surface area contributed by atoms with Crippen LogP contribution in [0.25, 0.3) is 0 Å². The summed E-state index contributed by atoms with van der Waals surface area (Å²) in [7, 11) is 1.45. The highest BCUT2D eigenvalue weighted by molar-refractivity contribution is 5.74. The highest BCUT2D eigenvalue weighted by Gasteiger charge is 2.19. The zero-order chi connectivity index (χ0) is 13.2. The van der Waals surface area contributed by atoms with Gasteiger partial charge < -0.3 is 20.7 Å². The van der Waals surface area contributed by atoms with E-state index < -0.39 is 12.0 Å². The van der Waals surface area contributed by atoms with Crippen molar-refractivity contribution in [1.29, 1.82) is 0 Å². The van der Waals surface area contributed by atoms with Crippen molar-refractivity contribution in [1.82, 2.24) is 0 Å². The van der Waals surface area contributed by atoms with Crippen LogP contribution in [0.1, 0.15) is 16.7 Å². The van der Waals surface area contributed by atoms with Crippen molar-refractivity contribution >= 4 is 5.97 Å². The van der Waals surface area contributed by atoms with Crippen LogP contribution < -0.4 is 10.5 Å². The molecule has 0 aromatic heterocycles. The number of nitrogens with two attached hydrogens (primary N) is 1.